The van der Waals surface area contributed by atoms with Gasteiger partial charge in [0.15, 0.2) is 0 Å². The highest BCUT2D eigenvalue weighted by molar-refractivity contribution is 5.98. The Balaban J connectivity index is 1.42. The molecular formula is C40H58N4O8. The number of morpholine rings is 1. The molecule has 7 atom stereocenters. The van der Waals surface area contributed by atoms with Crippen LogP contribution in [0, 0.1) is 11.8 Å². The monoisotopic (exact) mass is 722 g/mol. The fraction of sp³-hybridized carbons (Fsp3) is 0.650. The van der Waals surface area contributed by atoms with Crippen LogP contribution in [0.25, 0.3) is 0 Å². The number of ether oxygens (including phenoxy) is 3. The average Bonchev–Trinajstić information content (AvgIpc) is 3.81. The van der Waals surface area contributed by atoms with Gasteiger partial charge in [-0.25, -0.2) is 0 Å². The SMILES string of the molecule is C=CCCC(=O)N(C)[C@H](C)[C@H](OC(=O)[C@@H]1[C@H]2C(=O)N(CCCCCCO)[C@H](C(=O)N(CC=C)CCN3CCOCC3)[C@]23CC[C@H]1O3)c1ccccc1. The van der Waals surface area contributed by atoms with Gasteiger partial charge in [-0.15, -0.1) is 13.2 Å². The molecule has 3 amide bonds. The fourth-order valence-electron chi connectivity index (χ4n) is 8.52. The third kappa shape index (κ3) is 8.46. The van der Waals surface area contributed by atoms with E-state index >= 15 is 0 Å². The van der Waals surface area contributed by atoms with Gasteiger partial charge in [0.1, 0.15) is 17.7 Å². The third-order valence-electron chi connectivity index (χ3n) is 11.4. The minimum Gasteiger partial charge on any atom is -0.455 e. The van der Waals surface area contributed by atoms with Crippen molar-refractivity contribution in [2.45, 2.75) is 88.2 Å². The number of aliphatic hydroxyl groups is 1. The number of aliphatic hydroxyl groups excluding tert-OH is 1. The minimum absolute atomic E-state index is 0.0914. The lowest BCUT2D eigenvalue weighted by Gasteiger charge is -2.37. The van der Waals surface area contributed by atoms with Crippen LogP contribution in [0.5, 0.6) is 0 Å². The van der Waals surface area contributed by atoms with Crippen LogP contribution in [0.3, 0.4) is 0 Å². The van der Waals surface area contributed by atoms with Crippen LogP contribution in [0.15, 0.2) is 55.6 Å². The highest BCUT2D eigenvalue weighted by Gasteiger charge is 2.75. The van der Waals surface area contributed by atoms with Gasteiger partial charge in [0.2, 0.25) is 17.7 Å². The van der Waals surface area contributed by atoms with Gasteiger partial charge in [-0.05, 0) is 44.6 Å². The van der Waals surface area contributed by atoms with Gasteiger partial charge >= 0.3 is 5.97 Å². The molecule has 0 aromatic heterocycles. The number of carbonyl (C=O) groups is 4. The zero-order chi connectivity index (χ0) is 37.3. The molecule has 0 radical (unpaired) electrons. The van der Waals surface area contributed by atoms with Crippen LogP contribution >= 0.6 is 0 Å². The highest BCUT2D eigenvalue weighted by Crippen LogP contribution is 2.59. The number of fused-ring (bicyclic) bond motifs is 1. The summed E-state index contributed by atoms with van der Waals surface area (Å²) in [5.41, 5.74) is -0.418. The van der Waals surface area contributed by atoms with Crippen LogP contribution in [0.2, 0.25) is 0 Å². The summed E-state index contributed by atoms with van der Waals surface area (Å²) in [4.78, 5) is 64.2. The first-order chi connectivity index (χ1) is 25.2. The number of hydrogen-bond donors (Lipinski definition) is 1. The Morgan fingerprint density at radius 3 is 2.50 bits per heavy atom. The number of unbranched alkanes of at least 4 members (excludes halogenated alkanes) is 3. The first-order valence-corrected chi connectivity index (χ1v) is 19.1. The van der Waals surface area contributed by atoms with E-state index in [0.29, 0.717) is 71.5 Å². The Morgan fingerprint density at radius 1 is 1.08 bits per heavy atom. The van der Waals surface area contributed by atoms with Crippen molar-refractivity contribution in [3.63, 3.8) is 0 Å². The number of esters is 1. The molecule has 1 N–H and O–H groups in total. The van der Waals surface area contributed by atoms with Gasteiger partial charge in [-0.1, -0.05) is 55.3 Å². The molecule has 2 bridgehead atoms. The molecule has 4 aliphatic heterocycles. The van der Waals surface area contributed by atoms with E-state index in [1.165, 1.54) is 0 Å². The van der Waals surface area contributed by atoms with Crippen LogP contribution in [-0.4, -0.2) is 138 Å². The van der Waals surface area contributed by atoms with Crippen LogP contribution in [-0.2, 0) is 33.4 Å². The van der Waals surface area contributed by atoms with Crippen molar-refractivity contribution in [2.24, 2.45) is 11.8 Å². The second-order valence-corrected chi connectivity index (χ2v) is 14.6. The summed E-state index contributed by atoms with van der Waals surface area (Å²) < 4.78 is 18.6. The molecule has 0 aliphatic carbocycles. The first-order valence-electron chi connectivity index (χ1n) is 19.1. The summed E-state index contributed by atoms with van der Waals surface area (Å²) in [5.74, 6) is -2.84. The lowest BCUT2D eigenvalue weighted by atomic mass is 9.70. The molecule has 4 saturated heterocycles. The molecule has 1 spiro atoms. The molecule has 52 heavy (non-hydrogen) atoms. The quantitative estimate of drug-likeness (QED) is 0.122. The second-order valence-electron chi connectivity index (χ2n) is 14.6. The van der Waals surface area contributed by atoms with Crippen molar-refractivity contribution < 1.29 is 38.5 Å². The zero-order valence-corrected chi connectivity index (χ0v) is 31.0. The third-order valence-corrected chi connectivity index (χ3v) is 11.4. The maximum Gasteiger partial charge on any atom is 0.313 e. The van der Waals surface area contributed by atoms with Crippen molar-refractivity contribution in [2.75, 3.05) is 66.1 Å². The van der Waals surface area contributed by atoms with Gasteiger partial charge in [0.05, 0.1) is 37.2 Å². The summed E-state index contributed by atoms with van der Waals surface area (Å²) >= 11 is 0. The summed E-state index contributed by atoms with van der Waals surface area (Å²) in [6.07, 6.45) is 6.82. The number of amides is 3. The van der Waals surface area contributed by atoms with E-state index in [1.54, 1.807) is 33.9 Å². The van der Waals surface area contributed by atoms with Gasteiger partial charge < -0.3 is 34.0 Å². The predicted molar refractivity (Wildman–Crippen MR) is 196 cm³/mol. The number of benzene rings is 1. The molecule has 4 fully saturated rings. The van der Waals surface area contributed by atoms with Crippen molar-refractivity contribution in [1.29, 1.82) is 0 Å². The van der Waals surface area contributed by atoms with Gasteiger partial charge in [-0.3, -0.25) is 24.1 Å². The van der Waals surface area contributed by atoms with E-state index < -0.39 is 47.7 Å². The zero-order valence-electron chi connectivity index (χ0n) is 31.0. The second kappa shape index (κ2) is 18.4. The summed E-state index contributed by atoms with van der Waals surface area (Å²) in [6, 6.07) is 7.96. The van der Waals surface area contributed by atoms with Gasteiger partial charge in [0, 0.05) is 59.3 Å². The van der Waals surface area contributed by atoms with Crippen molar-refractivity contribution in [1.82, 2.24) is 19.6 Å². The molecule has 4 aliphatic rings. The van der Waals surface area contributed by atoms with E-state index in [1.807, 2.05) is 37.3 Å². The molecule has 286 valence electrons. The van der Waals surface area contributed by atoms with Crippen LogP contribution < -0.4 is 0 Å². The standard InChI is InChI=1S/C40H58N4O8/c1-5-7-17-32(46)41(4)29(3)35(30-15-11-10-12-16-30)51-39(49)33-31-18-19-40(52-31)34(33)37(47)44(21-13-8-9-14-26-45)36(40)38(48)43(20-6-2)23-22-42-24-27-50-28-25-42/h5-6,10-12,15-16,29,31,33-36,45H,1-2,7-9,13-14,17-28H2,3-4H3/t29-,31-,33+,34+,35+,36-,40+/m1/s1. The normalized spacial score (nSPS) is 26.4. The molecule has 4 heterocycles. The maximum absolute atomic E-state index is 14.7. The maximum atomic E-state index is 14.7. The topological polar surface area (TPSA) is 129 Å². The molecule has 1 aromatic rings. The van der Waals surface area contributed by atoms with Gasteiger partial charge in [0.25, 0.3) is 0 Å². The summed E-state index contributed by atoms with van der Waals surface area (Å²) in [6.45, 7) is 14.3. The Morgan fingerprint density at radius 2 is 1.81 bits per heavy atom. The Hall–Kier alpha value is -3.58. The Kier molecular flexibility index (Phi) is 14.1. The fourth-order valence-corrected chi connectivity index (χ4v) is 8.52. The first kappa shape index (κ1) is 39.6. The lowest BCUT2D eigenvalue weighted by molar-refractivity contribution is -0.164. The largest absolute Gasteiger partial charge is 0.455 e. The molecule has 5 rings (SSSR count). The van der Waals surface area contributed by atoms with Crippen molar-refractivity contribution in [3.05, 3.63) is 61.2 Å². The number of likely N-dealkylation sites (N-methyl/N-ethyl adjacent to an activating group) is 1. The molecule has 0 unspecified atom stereocenters. The summed E-state index contributed by atoms with van der Waals surface area (Å²) in [7, 11) is 1.71. The lowest BCUT2D eigenvalue weighted by Crippen LogP contribution is -2.57. The highest BCUT2D eigenvalue weighted by atomic mass is 16.6. The average molecular weight is 723 g/mol. The Bertz CT molecular complexity index is 1400. The summed E-state index contributed by atoms with van der Waals surface area (Å²) in [5, 5.41) is 9.30. The molecule has 1 aromatic carbocycles. The van der Waals surface area contributed by atoms with E-state index in [9.17, 15) is 24.3 Å². The number of nitrogens with zero attached hydrogens (tertiary/aromatic N) is 4. The molecule has 0 saturated carbocycles. The van der Waals surface area contributed by atoms with Crippen molar-refractivity contribution in [3.8, 4) is 0 Å². The van der Waals surface area contributed by atoms with Gasteiger partial charge in [-0.2, -0.15) is 0 Å². The van der Waals surface area contributed by atoms with E-state index in [0.717, 1.165) is 31.5 Å². The van der Waals surface area contributed by atoms with E-state index in [2.05, 4.69) is 18.1 Å². The molecule has 12 nitrogen and oxygen atoms in total. The minimum atomic E-state index is -1.16. The number of hydrogen-bond acceptors (Lipinski definition) is 9. The smallest absolute Gasteiger partial charge is 0.313 e. The number of allylic oxidation sites excluding steroid dienone is 1. The van der Waals surface area contributed by atoms with Crippen molar-refractivity contribution >= 4 is 23.7 Å². The number of rotatable bonds is 20. The van der Waals surface area contributed by atoms with Crippen LogP contribution in [0.4, 0.5) is 0 Å². The number of carbonyl (C=O) groups excluding carboxylic acids is 4. The molecule has 12 heteroatoms. The predicted octanol–water partition coefficient (Wildman–Crippen LogP) is 3.36. The Labute approximate surface area is 308 Å². The van der Waals surface area contributed by atoms with E-state index in [-0.39, 0.29) is 30.7 Å². The molecular weight excluding hydrogens is 664 g/mol. The van der Waals surface area contributed by atoms with Crippen LogP contribution in [0.1, 0.15) is 70.0 Å². The van der Waals surface area contributed by atoms with E-state index in [4.69, 9.17) is 14.2 Å². The number of likely N-dealkylation sites (tertiary alicyclic amines) is 1.